The number of pyridine rings is 1. The summed E-state index contributed by atoms with van der Waals surface area (Å²) >= 11 is 7.20. The van der Waals surface area contributed by atoms with Gasteiger partial charge in [-0.2, -0.15) is 0 Å². The predicted molar refractivity (Wildman–Crippen MR) is 134 cm³/mol. The van der Waals surface area contributed by atoms with Crippen molar-refractivity contribution in [1.82, 2.24) is 10.3 Å². The third kappa shape index (κ3) is 5.33. The van der Waals surface area contributed by atoms with Crippen molar-refractivity contribution < 1.29 is 4.74 Å². The molecule has 0 saturated heterocycles. The molecule has 1 aliphatic carbocycles. The predicted octanol–water partition coefficient (Wildman–Crippen LogP) is 5.82. The number of ether oxygens (including phenoxy) is 1. The van der Waals surface area contributed by atoms with Crippen molar-refractivity contribution in [2.24, 2.45) is 5.92 Å². The minimum atomic E-state index is 0.0432. The monoisotopic (exact) mass is 547 g/mol. The fourth-order valence-corrected chi connectivity index (χ4v) is 5.80. The van der Waals surface area contributed by atoms with Gasteiger partial charge in [0.1, 0.15) is 11.6 Å². The average Bonchev–Trinajstić information content (AvgIpc) is 3.20. The minimum absolute atomic E-state index is 0.0432. The molecule has 4 rings (SSSR count). The van der Waals surface area contributed by atoms with Gasteiger partial charge in [-0.05, 0) is 65.9 Å². The molecule has 1 saturated carbocycles. The first-order chi connectivity index (χ1) is 15.0. The summed E-state index contributed by atoms with van der Waals surface area (Å²) in [5, 5.41) is 7.93. The first-order valence-corrected chi connectivity index (χ1v) is 12.3. The maximum absolute atomic E-state index is 12.4. The van der Waals surface area contributed by atoms with E-state index in [-0.39, 0.29) is 5.43 Å². The highest BCUT2D eigenvalue weighted by Gasteiger charge is 2.27. The normalized spacial score (nSPS) is 18.4. The molecule has 3 aromatic rings. The van der Waals surface area contributed by atoms with Crippen molar-refractivity contribution >= 4 is 48.6 Å². The molecule has 0 spiro atoms. The van der Waals surface area contributed by atoms with Crippen LogP contribution in [0.25, 0.3) is 10.9 Å². The molecule has 7 heteroatoms. The van der Waals surface area contributed by atoms with Crippen LogP contribution in [-0.2, 0) is 6.54 Å². The van der Waals surface area contributed by atoms with Gasteiger partial charge in [-0.1, -0.05) is 34.5 Å². The van der Waals surface area contributed by atoms with Crippen LogP contribution >= 0.6 is 31.9 Å². The number of fused-ring (bicyclic) bond motifs is 1. The van der Waals surface area contributed by atoms with E-state index in [1.54, 1.807) is 6.07 Å². The molecule has 1 aliphatic rings. The van der Waals surface area contributed by atoms with Crippen molar-refractivity contribution in [3.8, 4) is 5.75 Å². The molecular weight excluding hydrogens is 522 g/mol. The van der Waals surface area contributed by atoms with Gasteiger partial charge < -0.3 is 20.4 Å². The Morgan fingerprint density at radius 3 is 2.84 bits per heavy atom. The van der Waals surface area contributed by atoms with Gasteiger partial charge in [0, 0.05) is 40.6 Å². The Hall–Kier alpha value is -1.83. The molecule has 0 bridgehead atoms. The highest BCUT2D eigenvalue weighted by Crippen LogP contribution is 2.34. The second kappa shape index (κ2) is 10.2. The van der Waals surface area contributed by atoms with E-state index in [0.717, 1.165) is 56.5 Å². The lowest BCUT2D eigenvalue weighted by Gasteiger charge is -2.23. The zero-order chi connectivity index (χ0) is 21.8. The lowest BCUT2D eigenvalue weighted by molar-refractivity contribution is 0.330. The topological polar surface area (TPSA) is 66.2 Å². The van der Waals surface area contributed by atoms with Crippen molar-refractivity contribution in [1.29, 1.82) is 0 Å². The number of nitrogens with one attached hydrogen (secondary N) is 3. The van der Waals surface area contributed by atoms with Gasteiger partial charge in [0.05, 0.1) is 16.6 Å². The molecule has 0 amide bonds. The second-order valence-corrected chi connectivity index (χ2v) is 9.73. The Bertz CT molecular complexity index is 1120. The van der Waals surface area contributed by atoms with E-state index in [1.807, 2.05) is 37.3 Å². The zero-order valence-electron chi connectivity index (χ0n) is 17.5. The van der Waals surface area contributed by atoms with E-state index in [0.29, 0.717) is 18.6 Å². The number of halogens is 2. The molecular formula is C24H27Br2N3O2. The summed E-state index contributed by atoms with van der Waals surface area (Å²) in [4.78, 5) is 15.7. The summed E-state index contributed by atoms with van der Waals surface area (Å²) in [6, 6.07) is 13.8. The minimum Gasteiger partial charge on any atom is -0.492 e. The second-order valence-electron chi connectivity index (χ2n) is 7.96. The summed E-state index contributed by atoms with van der Waals surface area (Å²) < 4.78 is 7.86. The molecule has 1 unspecified atom stereocenters. The van der Waals surface area contributed by atoms with Crippen LogP contribution in [0.5, 0.6) is 5.75 Å². The fraction of sp³-hybridized carbons (Fsp3) is 0.375. The molecule has 31 heavy (non-hydrogen) atoms. The standard InChI is InChI=1S/C24H27Br2N3O2/c1-2-31-24-16(10-17(25)11-19(24)26)14-27-20-9-5-6-15(20)13-28-23-12-22(30)18-7-3-4-8-21(18)29-23/h3-4,7-8,10-12,15,20,27H,2,5-6,9,13-14H2,1H3,(H2,28,29,30)/t15?,20-/m0/s1. The number of para-hydroxylation sites is 1. The molecule has 5 nitrogen and oxygen atoms in total. The van der Waals surface area contributed by atoms with Gasteiger partial charge in [0.25, 0.3) is 0 Å². The fourth-order valence-electron chi connectivity index (χ4n) is 4.38. The van der Waals surface area contributed by atoms with Crippen LogP contribution in [0.15, 0.2) is 56.2 Å². The number of rotatable bonds is 8. The number of anilines is 1. The average molecular weight is 549 g/mol. The number of aromatic amines is 1. The largest absolute Gasteiger partial charge is 0.492 e. The van der Waals surface area contributed by atoms with Crippen LogP contribution in [-0.4, -0.2) is 24.2 Å². The quantitative estimate of drug-likeness (QED) is 0.332. The number of aromatic nitrogens is 1. The number of H-pyrrole nitrogens is 1. The number of hydrogen-bond donors (Lipinski definition) is 3. The van der Waals surface area contributed by atoms with Gasteiger partial charge in [-0.15, -0.1) is 0 Å². The van der Waals surface area contributed by atoms with Crippen LogP contribution in [0.1, 0.15) is 31.7 Å². The molecule has 0 radical (unpaired) electrons. The van der Waals surface area contributed by atoms with Crippen molar-refractivity contribution in [3.63, 3.8) is 0 Å². The molecule has 0 aliphatic heterocycles. The Balaban J connectivity index is 1.41. The molecule has 1 heterocycles. The van der Waals surface area contributed by atoms with E-state index in [2.05, 4.69) is 53.5 Å². The van der Waals surface area contributed by atoms with E-state index in [9.17, 15) is 4.79 Å². The Morgan fingerprint density at radius 2 is 2.00 bits per heavy atom. The van der Waals surface area contributed by atoms with E-state index >= 15 is 0 Å². The van der Waals surface area contributed by atoms with Gasteiger partial charge >= 0.3 is 0 Å². The van der Waals surface area contributed by atoms with Crippen LogP contribution in [0, 0.1) is 5.92 Å². The lowest BCUT2D eigenvalue weighted by atomic mass is 10.0. The van der Waals surface area contributed by atoms with Crippen molar-refractivity contribution in [2.45, 2.75) is 38.8 Å². The molecule has 1 aromatic heterocycles. The van der Waals surface area contributed by atoms with Crippen LogP contribution in [0.3, 0.4) is 0 Å². The van der Waals surface area contributed by atoms with Crippen LogP contribution in [0.2, 0.25) is 0 Å². The molecule has 3 N–H and O–H groups in total. The van der Waals surface area contributed by atoms with Crippen molar-refractivity contribution in [3.05, 3.63) is 67.2 Å². The third-order valence-corrected chi connectivity index (χ3v) is 6.93. The highest BCUT2D eigenvalue weighted by molar-refractivity contribution is 9.11. The highest BCUT2D eigenvalue weighted by atomic mass is 79.9. The summed E-state index contributed by atoms with van der Waals surface area (Å²) in [6.45, 7) is 4.21. The summed E-state index contributed by atoms with van der Waals surface area (Å²) in [6.07, 6.45) is 3.53. The summed E-state index contributed by atoms with van der Waals surface area (Å²) in [5.41, 5.74) is 2.05. The Morgan fingerprint density at radius 1 is 1.16 bits per heavy atom. The van der Waals surface area contributed by atoms with Crippen molar-refractivity contribution in [2.75, 3.05) is 18.5 Å². The van der Waals surface area contributed by atoms with Crippen LogP contribution in [0.4, 0.5) is 5.82 Å². The van der Waals surface area contributed by atoms with E-state index < -0.39 is 0 Å². The number of benzene rings is 2. The van der Waals surface area contributed by atoms with Gasteiger partial charge in [-0.25, -0.2) is 0 Å². The molecule has 2 atom stereocenters. The SMILES string of the molecule is CCOc1c(Br)cc(Br)cc1CN[C@H]1CCCC1CNc1cc(=O)c2ccccc2[nH]1. The van der Waals surface area contributed by atoms with Gasteiger partial charge in [-0.3, -0.25) is 4.79 Å². The zero-order valence-corrected chi connectivity index (χ0v) is 20.7. The lowest BCUT2D eigenvalue weighted by Crippen LogP contribution is -2.35. The Kier molecular flexibility index (Phi) is 7.35. The molecule has 164 valence electrons. The van der Waals surface area contributed by atoms with Gasteiger partial charge in [0.15, 0.2) is 5.43 Å². The first kappa shape index (κ1) is 22.4. The van der Waals surface area contributed by atoms with E-state index in [4.69, 9.17) is 4.74 Å². The number of hydrogen-bond acceptors (Lipinski definition) is 4. The first-order valence-electron chi connectivity index (χ1n) is 10.7. The maximum atomic E-state index is 12.4. The van der Waals surface area contributed by atoms with E-state index in [1.165, 1.54) is 12.8 Å². The third-order valence-electron chi connectivity index (χ3n) is 5.88. The maximum Gasteiger partial charge on any atom is 0.191 e. The van der Waals surface area contributed by atoms with Gasteiger partial charge in [0.2, 0.25) is 0 Å². The molecule has 1 fully saturated rings. The smallest absolute Gasteiger partial charge is 0.191 e. The Labute approximate surface area is 199 Å². The molecule has 2 aromatic carbocycles. The summed E-state index contributed by atoms with van der Waals surface area (Å²) in [7, 11) is 0. The van der Waals surface area contributed by atoms with Crippen LogP contribution < -0.4 is 20.8 Å². The summed E-state index contributed by atoms with van der Waals surface area (Å²) in [5.74, 6) is 2.18.